The van der Waals surface area contributed by atoms with Gasteiger partial charge in [0.05, 0.1) is 19.1 Å². The average Bonchev–Trinajstić information content (AvgIpc) is 2.81. The van der Waals surface area contributed by atoms with Crippen LogP contribution in [0.3, 0.4) is 0 Å². The van der Waals surface area contributed by atoms with Gasteiger partial charge in [-0.2, -0.15) is 0 Å². The van der Waals surface area contributed by atoms with Gasteiger partial charge in [-0.3, -0.25) is 14.3 Å². The molecule has 1 aliphatic rings. The Bertz CT molecular complexity index is 656. The molecule has 1 aromatic carbocycles. The van der Waals surface area contributed by atoms with Crippen LogP contribution in [0.1, 0.15) is 5.56 Å². The van der Waals surface area contributed by atoms with Gasteiger partial charge in [0.1, 0.15) is 0 Å². The first-order chi connectivity index (χ1) is 9.63. The maximum absolute atomic E-state index is 10.8. The van der Waals surface area contributed by atoms with Crippen molar-refractivity contribution in [2.24, 2.45) is 0 Å². The molecule has 1 N–H and O–H groups in total. The molecule has 3 rings (SSSR count). The van der Waals surface area contributed by atoms with Crippen molar-refractivity contribution in [3.8, 4) is 11.4 Å². The van der Waals surface area contributed by atoms with E-state index in [0.717, 1.165) is 22.1 Å². The van der Waals surface area contributed by atoms with Gasteiger partial charge in [-0.15, -0.1) is 10.2 Å². The van der Waals surface area contributed by atoms with Gasteiger partial charge < -0.3 is 5.11 Å². The summed E-state index contributed by atoms with van der Waals surface area (Å²) in [6.45, 7) is 2.56. The zero-order valence-electron chi connectivity index (χ0n) is 11.0. The summed E-state index contributed by atoms with van der Waals surface area (Å²) in [5, 5.41) is 18.2. The lowest BCUT2D eigenvalue weighted by Crippen LogP contribution is -2.34. The van der Waals surface area contributed by atoms with Crippen LogP contribution in [0.5, 0.6) is 0 Å². The molecule has 6 nitrogen and oxygen atoms in total. The number of rotatable bonds is 3. The van der Waals surface area contributed by atoms with Gasteiger partial charge in [0.2, 0.25) is 0 Å². The average molecular weight is 290 g/mol. The molecule has 0 unspecified atom stereocenters. The van der Waals surface area contributed by atoms with E-state index >= 15 is 0 Å². The van der Waals surface area contributed by atoms with Gasteiger partial charge in [0, 0.05) is 5.56 Å². The first-order valence-electron chi connectivity index (χ1n) is 6.20. The monoisotopic (exact) mass is 290 g/mol. The van der Waals surface area contributed by atoms with E-state index in [9.17, 15) is 4.79 Å². The number of aryl methyl sites for hydroxylation is 1. The number of benzene rings is 1. The molecule has 20 heavy (non-hydrogen) atoms. The van der Waals surface area contributed by atoms with Crippen molar-refractivity contribution in [1.82, 2.24) is 19.7 Å². The molecule has 1 aromatic heterocycles. The Labute approximate surface area is 120 Å². The standard InChI is InChI=1S/C13H14N4O2S/c1-9-3-2-4-10(5-9)12-14-15-13-17(12)7-16(8-20-13)6-11(18)19/h2-5H,6-8H2,1H3,(H,18,19). The minimum absolute atomic E-state index is 0.0257. The number of carboxylic acid groups (broad SMARTS) is 1. The van der Waals surface area contributed by atoms with Gasteiger partial charge in [-0.1, -0.05) is 35.5 Å². The van der Waals surface area contributed by atoms with Crippen LogP contribution in [-0.4, -0.2) is 43.2 Å². The van der Waals surface area contributed by atoms with E-state index in [0.29, 0.717) is 12.5 Å². The van der Waals surface area contributed by atoms with Gasteiger partial charge in [0.15, 0.2) is 11.0 Å². The van der Waals surface area contributed by atoms with Crippen LogP contribution >= 0.6 is 11.8 Å². The molecule has 0 atom stereocenters. The van der Waals surface area contributed by atoms with E-state index in [1.54, 1.807) is 0 Å². The summed E-state index contributed by atoms with van der Waals surface area (Å²) in [6, 6.07) is 8.06. The fraction of sp³-hybridized carbons (Fsp3) is 0.308. The third-order valence-corrected chi connectivity index (χ3v) is 4.12. The number of thioether (sulfide) groups is 1. The molecule has 2 heterocycles. The highest BCUT2D eigenvalue weighted by Gasteiger charge is 2.23. The second kappa shape index (κ2) is 5.26. The van der Waals surface area contributed by atoms with E-state index in [1.807, 2.05) is 34.6 Å². The predicted molar refractivity (Wildman–Crippen MR) is 75.3 cm³/mol. The first-order valence-corrected chi connectivity index (χ1v) is 7.19. The first kappa shape index (κ1) is 13.1. The maximum Gasteiger partial charge on any atom is 0.317 e. The number of carbonyl (C=O) groups is 1. The zero-order chi connectivity index (χ0) is 14.1. The number of aromatic nitrogens is 3. The number of nitrogens with zero attached hydrogens (tertiary/aromatic N) is 4. The lowest BCUT2D eigenvalue weighted by atomic mass is 10.1. The minimum atomic E-state index is -0.820. The van der Waals surface area contributed by atoms with E-state index in [-0.39, 0.29) is 6.54 Å². The van der Waals surface area contributed by atoms with Crippen LogP contribution in [0.4, 0.5) is 0 Å². The van der Waals surface area contributed by atoms with Crippen LogP contribution in [0, 0.1) is 6.92 Å². The molecule has 2 aromatic rings. The minimum Gasteiger partial charge on any atom is -0.480 e. The highest BCUT2D eigenvalue weighted by Crippen LogP contribution is 2.28. The van der Waals surface area contributed by atoms with Crippen LogP contribution in [0.25, 0.3) is 11.4 Å². The number of hydrogen-bond acceptors (Lipinski definition) is 5. The normalized spacial score (nSPS) is 15.1. The Morgan fingerprint density at radius 3 is 3.05 bits per heavy atom. The summed E-state index contributed by atoms with van der Waals surface area (Å²) in [5.74, 6) is 0.587. The maximum atomic E-state index is 10.8. The molecular formula is C13H14N4O2S. The smallest absolute Gasteiger partial charge is 0.317 e. The van der Waals surface area contributed by atoms with Gasteiger partial charge in [0.25, 0.3) is 0 Å². The van der Waals surface area contributed by atoms with E-state index in [4.69, 9.17) is 5.11 Å². The zero-order valence-corrected chi connectivity index (χ0v) is 11.8. The Morgan fingerprint density at radius 1 is 1.45 bits per heavy atom. The summed E-state index contributed by atoms with van der Waals surface area (Å²) in [5.41, 5.74) is 2.16. The Hall–Kier alpha value is -1.86. The number of hydrogen-bond donors (Lipinski definition) is 1. The Balaban J connectivity index is 1.93. The molecular weight excluding hydrogens is 276 g/mol. The molecule has 0 bridgehead atoms. The fourth-order valence-corrected chi connectivity index (χ4v) is 3.07. The Kier molecular flexibility index (Phi) is 3.45. The number of aliphatic carboxylic acids is 1. The molecule has 0 spiro atoms. The summed E-state index contributed by atoms with van der Waals surface area (Å²) >= 11 is 1.51. The molecule has 104 valence electrons. The van der Waals surface area contributed by atoms with Crippen molar-refractivity contribution in [2.45, 2.75) is 18.7 Å². The number of fused-ring (bicyclic) bond motifs is 1. The van der Waals surface area contributed by atoms with Crippen molar-refractivity contribution in [1.29, 1.82) is 0 Å². The van der Waals surface area contributed by atoms with Crippen molar-refractivity contribution in [3.63, 3.8) is 0 Å². The summed E-state index contributed by atoms with van der Waals surface area (Å²) in [6.07, 6.45) is 0. The molecule has 0 amide bonds. The van der Waals surface area contributed by atoms with Crippen molar-refractivity contribution < 1.29 is 9.90 Å². The van der Waals surface area contributed by atoms with Gasteiger partial charge >= 0.3 is 5.97 Å². The molecule has 0 saturated heterocycles. The largest absolute Gasteiger partial charge is 0.480 e. The van der Waals surface area contributed by atoms with Crippen LogP contribution in [-0.2, 0) is 11.5 Å². The SMILES string of the molecule is Cc1cccc(-c2nnc3n2CN(CC(=O)O)CS3)c1. The highest BCUT2D eigenvalue weighted by molar-refractivity contribution is 7.99. The summed E-state index contributed by atoms with van der Waals surface area (Å²) < 4.78 is 1.96. The third-order valence-electron chi connectivity index (χ3n) is 3.07. The topological polar surface area (TPSA) is 71.2 Å². The summed E-state index contributed by atoms with van der Waals surface area (Å²) in [4.78, 5) is 12.7. The molecule has 7 heteroatoms. The van der Waals surface area contributed by atoms with Crippen molar-refractivity contribution >= 4 is 17.7 Å². The quantitative estimate of drug-likeness (QED) is 0.927. The van der Waals surface area contributed by atoms with Gasteiger partial charge in [-0.25, -0.2) is 0 Å². The van der Waals surface area contributed by atoms with Crippen LogP contribution < -0.4 is 0 Å². The van der Waals surface area contributed by atoms with E-state index in [2.05, 4.69) is 16.3 Å². The lowest BCUT2D eigenvalue weighted by molar-refractivity contribution is -0.138. The predicted octanol–water partition coefficient (Wildman–Crippen LogP) is 1.66. The Morgan fingerprint density at radius 2 is 2.30 bits per heavy atom. The van der Waals surface area contributed by atoms with Crippen molar-refractivity contribution in [3.05, 3.63) is 29.8 Å². The summed E-state index contributed by atoms with van der Waals surface area (Å²) in [7, 11) is 0. The van der Waals surface area contributed by atoms with E-state index < -0.39 is 5.97 Å². The molecule has 0 aliphatic carbocycles. The third kappa shape index (κ3) is 2.54. The second-order valence-corrected chi connectivity index (χ2v) is 5.65. The van der Waals surface area contributed by atoms with E-state index in [1.165, 1.54) is 11.8 Å². The lowest BCUT2D eigenvalue weighted by Gasteiger charge is -2.26. The molecule has 0 fully saturated rings. The molecule has 1 aliphatic heterocycles. The second-order valence-electron chi connectivity index (χ2n) is 4.74. The van der Waals surface area contributed by atoms with Crippen molar-refractivity contribution in [2.75, 3.05) is 12.4 Å². The van der Waals surface area contributed by atoms with Crippen LogP contribution in [0.15, 0.2) is 29.4 Å². The van der Waals surface area contributed by atoms with Crippen LogP contribution in [0.2, 0.25) is 0 Å². The van der Waals surface area contributed by atoms with Gasteiger partial charge in [-0.05, 0) is 13.0 Å². The number of carboxylic acids is 1. The highest BCUT2D eigenvalue weighted by atomic mass is 32.2. The molecule has 0 radical (unpaired) electrons. The molecule has 0 saturated carbocycles. The fourth-order valence-electron chi connectivity index (χ4n) is 2.20.